The molecule has 0 fully saturated rings. The van der Waals surface area contributed by atoms with E-state index in [9.17, 15) is 14.0 Å². The molecule has 0 bridgehead atoms. The summed E-state index contributed by atoms with van der Waals surface area (Å²) in [6.45, 7) is -0.00977. The maximum Gasteiger partial charge on any atom is 0.279 e. The number of aromatic nitrogens is 2. The summed E-state index contributed by atoms with van der Waals surface area (Å²) in [4.78, 5) is 28.4. The van der Waals surface area contributed by atoms with Crippen molar-refractivity contribution < 1.29 is 23.2 Å². The highest BCUT2D eigenvalue weighted by molar-refractivity contribution is 7.14. The van der Waals surface area contributed by atoms with Gasteiger partial charge in [0, 0.05) is 22.6 Å². The maximum atomic E-state index is 13.1. The van der Waals surface area contributed by atoms with Crippen molar-refractivity contribution in [3.05, 3.63) is 65.4 Å². The fraction of sp³-hybridized carbons (Fsp3) is 0.0476. The van der Waals surface area contributed by atoms with Gasteiger partial charge in [0.2, 0.25) is 0 Å². The number of rotatable bonds is 4. The van der Waals surface area contributed by atoms with E-state index in [2.05, 4.69) is 20.8 Å². The Balaban J connectivity index is 1.31. The third kappa shape index (κ3) is 3.88. The van der Waals surface area contributed by atoms with Crippen molar-refractivity contribution in [2.75, 3.05) is 17.2 Å². The summed E-state index contributed by atoms with van der Waals surface area (Å²) in [6, 6.07) is 12.5. The molecule has 1 aliphatic rings. The number of anilines is 2. The predicted molar refractivity (Wildman–Crippen MR) is 112 cm³/mol. The van der Waals surface area contributed by atoms with Gasteiger partial charge in [0.05, 0.1) is 11.4 Å². The smallest absolute Gasteiger partial charge is 0.279 e. The Bertz CT molecular complexity index is 1300. The minimum atomic E-state index is -0.482. The number of nitrogens with one attached hydrogen (secondary N) is 2. The number of fused-ring (bicyclic) bond motifs is 1. The molecule has 0 saturated carbocycles. The van der Waals surface area contributed by atoms with Crippen LogP contribution in [-0.4, -0.2) is 28.6 Å². The number of hydrogen-bond donors (Lipinski definition) is 2. The summed E-state index contributed by atoms with van der Waals surface area (Å²) >= 11 is 1.25. The first-order chi connectivity index (χ1) is 15.0. The van der Waals surface area contributed by atoms with E-state index in [1.165, 1.54) is 41.7 Å². The zero-order chi connectivity index (χ0) is 21.4. The maximum absolute atomic E-state index is 13.1. The van der Waals surface area contributed by atoms with Crippen LogP contribution in [0, 0.1) is 5.82 Å². The molecule has 2 amide bonds. The van der Waals surface area contributed by atoms with Gasteiger partial charge in [-0.2, -0.15) is 0 Å². The Morgan fingerprint density at radius 1 is 1.13 bits per heavy atom. The molecule has 5 rings (SSSR count). The number of carbonyl (C=O) groups is 2. The Hall–Kier alpha value is -4.05. The molecule has 0 spiro atoms. The van der Waals surface area contributed by atoms with Crippen LogP contribution in [-0.2, 0) is 4.79 Å². The van der Waals surface area contributed by atoms with Crippen molar-refractivity contribution in [2.24, 2.45) is 0 Å². The normalized spacial score (nSPS) is 12.6. The van der Waals surface area contributed by atoms with Crippen LogP contribution in [0.25, 0.3) is 22.6 Å². The number of amides is 2. The molecule has 2 N–H and O–H groups in total. The Kier molecular flexibility index (Phi) is 4.68. The number of hydrogen-bond acceptors (Lipinski definition) is 7. The van der Waals surface area contributed by atoms with E-state index in [1.54, 1.807) is 17.5 Å². The Labute approximate surface area is 178 Å². The largest absolute Gasteiger partial charge is 0.482 e. The van der Waals surface area contributed by atoms with Crippen LogP contribution in [0.3, 0.4) is 0 Å². The molecule has 10 heteroatoms. The van der Waals surface area contributed by atoms with Crippen molar-refractivity contribution in [3.8, 4) is 28.3 Å². The summed E-state index contributed by atoms with van der Waals surface area (Å²) in [6.07, 6.45) is 0. The lowest BCUT2D eigenvalue weighted by Crippen LogP contribution is -2.25. The van der Waals surface area contributed by atoms with Crippen LogP contribution in [0.2, 0.25) is 0 Å². The van der Waals surface area contributed by atoms with Crippen LogP contribution in [0.4, 0.5) is 15.2 Å². The topological polar surface area (TPSA) is 106 Å². The predicted octanol–water partition coefficient (Wildman–Crippen LogP) is 4.19. The first-order valence-corrected chi connectivity index (χ1v) is 10.00. The SMILES string of the molecule is O=C1COc2ccc(-c3csc(NC(=O)c4cc(-c5ccc(F)cc5)on4)n3)cc2N1. The van der Waals surface area contributed by atoms with Gasteiger partial charge in [-0.15, -0.1) is 11.3 Å². The molecule has 0 unspecified atom stereocenters. The summed E-state index contributed by atoms with van der Waals surface area (Å²) in [5, 5.41) is 11.4. The Morgan fingerprint density at radius 2 is 1.94 bits per heavy atom. The van der Waals surface area contributed by atoms with Crippen LogP contribution < -0.4 is 15.4 Å². The first-order valence-electron chi connectivity index (χ1n) is 9.12. The third-order valence-electron chi connectivity index (χ3n) is 4.50. The number of halogens is 1. The van der Waals surface area contributed by atoms with Gasteiger partial charge in [-0.1, -0.05) is 5.16 Å². The molecule has 0 radical (unpaired) electrons. The fourth-order valence-electron chi connectivity index (χ4n) is 3.00. The van der Waals surface area contributed by atoms with E-state index >= 15 is 0 Å². The standard InChI is InChI=1S/C21H13FN4O4S/c22-13-4-1-11(2-5-13)18-8-15(26-30-18)20(28)25-21-24-16(10-31-21)12-3-6-17-14(7-12)23-19(27)9-29-17/h1-8,10H,9H2,(H,23,27)(H,24,25,28). The molecule has 2 aromatic carbocycles. The molecular weight excluding hydrogens is 423 g/mol. The van der Waals surface area contributed by atoms with Gasteiger partial charge >= 0.3 is 0 Å². The van der Waals surface area contributed by atoms with Gasteiger partial charge in [0.25, 0.3) is 11.8 Å². The minimum absolute atomic E-state index is 0.00977. The van der Waals surface area contributed by atoms with Crippen molar-refractivity contribution in [3.63, 3.8) is 0 Å². The quantitative estimate of drug-likeness (QED) is 0.497. The van der Waals surface area contributed by atoms with E-state index in [0.717, 1.165) is 5.56 Å². The van der Waals surface area contributed by atoms with Crippen molar-refractivity contribution in [2.45, 2.75) is 0 Å². The molecule has 3 heterocycles. The average Bonchev–Trinajstić information content (AvgIpc) is 3.44. The van der Waals surface area contributed by atoms with E-state index in [0.29, 0.717) is 33.6 Å². The molecule has 1 aliphatic heterocycles. The number of nitrogens with zero attached hydrogens (tertiary/aromatic N) is 2. The van der Waals surface area contributed by atoms with Gasteiger partial charge in [-0.25, -0.2) is 9.37 Å². The van der Waals surface area contributed by atoms with Gasteiger partial charge in [-0.05, 0) is 42.5 Å². The van der Waals surface area contributed by atoms with E-state index in [4.69, 9.17) is 9.26 Å². The first kappa shape index (κ1) is 18.9. The second-order valence-corrected chi connectivity index (χ2v) is 7.48. The highest BCUT2D eigenvalue weighted by atomic mass is 32.1. The highest BCUT2D eigenvalue weighted by Crippen LogP contribution is 2.34. The number of carbonyl (C=O) groups excluding carboxylic acids is 2. The van der Waals surface area contributed by atoms with Crippen LogP contribution >= 0.6 is 11.3 Å². The summed E-state index contributed by atoms with van der Waals surface area (Å²) in [7, 11) is 0. The summed E-state index contributed by atoms with van der Waals surface area (Å²) in [5.41, 5.74) is 2.65. The zero-order valence-corrected chi connectivity index (χ0v) is 16.5. The molecule has 4 aromatic rings. The summed E-state index contributed by atoms with van der Waals surface area (Å²) in [5.74, 6) is -0.124. The average molecular weight is 436 g/mol. The highest BCUT2D eigenvalue weighted by Gasteiger charge is 2.18. The van der Waals surface area contributed by atoms with Crippen molar-refractivity contribution >= 4 is 34.0 Å². The van der Waals surface area contributed by atoms with Gasteiger partial charge in [-0.3, -0.25) is 14.9 Å². The summed E-state index contributed by atoms with van der Waals surface area (Å²) < 4.78 is 23.6. The minimum Gasteiger partial charge on any atom is -0.482 e. The lowest BCUT2D eigenvalue weighted by molar-refractivity contribution is -0.118. The molecule has 0 saturated heterocycles. The van der Waals surface area contributed by atoms with E-state index in [-0.39, 0.29) is 24.0 Å². The van der Waals surface area contributed by atoms with Crippen LogP contribution in [0.5, 0.6) is 5.75 Å². The Morgan fingerprint density at radius 3 is 2.77 bits per heavy atom. The molecular formula is C21H13FN4O4S. The second-order valence-electron chi connectivity index (χ2n) is 6.62. The number of benzene rings is 2. The molecule has 8 nitrogen and oxygen atoms in total. The monoisotopic (exact) mass is 436 g/mol. The second kappa shape index (κ2) is 7.65. The number of thiazole rings is 1. The van der Waals surface area contributed by atoms with Gasteiger partial charge in [0.1, 0.15) is 11.6 Å². The fourth-order valence-corrected chi connectivity index (χ4v) is 3.71. The third-order valence-corrected chi connectivity index (χ3v) is 5.26. The van der Waals surface area contributed by atoms with E-state index in [1.807, 2.05) is 6.07 Å². The number of ether oxygens (including phenoxy) is 1. The van der Waals surface area contributed by atoms with Crippen molar-refractivity contribution in [1.29, 1.82) is 0 Å². The molecule has 154 valence electrons. The lowest BCUT2D eigenvalue weighted by Gasteiger charge is -2.18. The van der Waals surface area contributed by atoms with Gasteiger partial charge in [0.15, 0.2) is 23.2 Å². The lowest BCUT2D eigenvalue weighted by atomic mass is 10.1. The zero-order valence-electron chi connectivity index (χ0n) is 15.7. The van der Waals surface area contributed by atoms with Gasteiger partial charge < -0.3 is 14.6 Å². The molecule has 31 heavy (non-hydrogen) atoms. The van der Waals surface area contributed by atoms with E-state index < -0.39 is 5.91 Å². The van der Waals surface area contributed by atoms with Crippen LogP contribution in [0.1, 0.15) is 10.5 Å². The van der Waals surface area contributed by atoms with Crippen molar-refractivity contribution in [1.82, 2.24) is 10.1 Å². The molecule has 2 aromatic heterocycles. The van der Waals surface area contributed by atoms with Crippen LogP contribution in [0.15, 0.2) is 58.4 Å². The molecule has 0 atom stereocenters. The molecule has 0 aliphatic carbocycles.